The molecule has 2 aromatic heterocycles. The molecule has 8 nitrogen and oxygen atoms in total. The first-order valence-corrected chi connectivity index (χ1v) is 9.81. The Kier molecular flexibility index (Phi) is 5.86. The molecule has 0 atom stereocenters. The number of benzene rings is 2. The monoisotopic (exact) mass is 456 g/mol. The number of anilines is 1. The molecule has 2 heterocycles. The number of fused-ring (bicyclic) bond motifs is 1. The number of methoxy groups -OCH3 is 1. The first kappa shape index (κ1) is 22.1. The quantitative estimate of drug-likeness (QED) is 0.459. The molecule has 33 heavy (non-hydrogen) atoms. The van der Waals surface area contributed by atoms with Gasteiger partial charge in [0.25, 0.3) is 5.91 Å². The summed E-state index contributed by atoms with van der Waals surface area (Å²) in [5.74, 6) is 0.210. The fourth-order valence-corrected chi connectivity index (χ4v) is 3.40. The molecule has 11 heteroatoms. The summed E-state index contributed by atoms with van der Waals surface area (Å²) in [4.78, 5) is 20.3. The second-order valence-electron chi connectivity index (χ2n) is 7.16. The van der Waals surface area contributed by atoms with Crippen molar-refractivity contribution >= 4 is 22.8 Å². The van der Waals surface area contributed by atoms with Crippen molar-refractivity contribution in [1.82, 2.24) is 25.1 Å². The lowest BCUT2D eigenvalue weighted by Gasteiger charge is -2.09. The molecular weight excluding hydrogens is 437 g/mol. The zero-order chi connectivity index (χ0) is 23.6. The van der Waals surface area contributed by atoms with Gasteiger partial charge in [0.15, 0.2) is 5.65 Å². The number of hydrogen-bond donors (Lipinski definition) is 2. The van der Waals surface area contributed by atoms with Gasteiger partial charge in [-0.25, -0.2) is 14.6 Å². The number of nitrogens with two attached hydrogens (primary N) is 1. The summed E-state index contributed by atoms with van der Waals surface area (Å²) in [7, 11) is 1.49. The number of amides is 1. The molecule has 0 bridgehead atoms. The molecule has 0 saturated carbocycles. The summed E-state index contributed by atoms with van der Waals surface area (Å²) in [5.41, 5.74) is 7.91. The van der Waals surface area contributed by atoms with E-state index in [9.17, 15) is 18.0 Å². The molecule has 4 rings (SSSR count). The Bertz CT molecular complexity index is 1300. The maximum atomic E-state index is 13.0. The van der Waals surface area contributed by atoms with E-state index in [4.69, 9.17) is 10.5 Å². The minimum absolute atomic E-state index is 0.00275. The molecule has 0 aliphatic heterocycles. The summed E-state index contributed by atoms with van der Waals surface area (Å²) < 4.78 is 44.9. The van der Waals surface area contributed by atoms with Crippen molar-refractivity contribution in [2.75, 3.05) is 12.8 Å². The SMILES string of the molecule is COc1ccccc1C(=O)NCc1ccc(-c2nn(CC(F)(F)F)c3ncnc(N)c23)cc1. The van der Waals surface area contributed by atoms with Gasteiger partial charge in [0, 0.05) is 12.1 Å². The van der Waals surface area contributed by atoms with Gasteiger partial charge in [0.2, 0.25) is 0 Å². The number of rotatable bonds is 6. The highest BCUT2D eigenvalue weighted by Crippen LogP contribution is 2.31. The van der Waals surface area contributed by atoms with Crippen molar-refractivity contribution in [2.24, 2.45) is 0 Å². The van der Waals surface area contributed by atoms with Crippen molar-refractivity contribution in [3.63, 3.8) is 0 Å². The van der Waals surface area contributed by atoms with E-state index in [0.717, 1.165) is 16.6 Å². The largest absolute Gasteiger partial charge is 0.496 e. The standard InChI is InChI=1S/C22H19F3N6O2/c1-33-16-5-3-2-4-15(16)21(32)27-10-13-6-8-14(9-7-13)18-17-19(26)28-12-29-20(17)31(30-18)11-22(23,24)25/h2-9,12H,10-11H2,1H3,(H,27,32)(H2,26,28,29). The Morgan fingerprint density at radius 3 is 2.55 bits per heavy atom. The Morgan fingerprint density at radius 1 is 1.12 bits per heavy atom. The first-order valence-electron chi connectivity index (χ1n) is 9.81. The van der Waals surface area contributed by atoms with Crippen molar-refractivity contribution < 1.29 is 22.7 Å². The van der Waals surface area contributed by atoms with Gasteiger partial charge >= 0.3 is 6.18 Å². The Morgan fingerprint density at radius 2 is 1.85 bits per heavy atom. The van der Waals surface area contributed by atoms with Crippen LogP contribution in [0, 0.1) is 0 Å². The first-order chi connectivity index (χ1) is 15.8. The zero-order valence-corrected chi connectivity index (χ0v) is 17.4. The van der Waals surface area contributed by atoms with E-state index in [2.05, 4.69) is 20.4 Å². The second-order valence-corrected chi connectivity index (χ2v) is 7.16. The van der Waals surface area contributed by atoms with Crippen molar-refractivity contribution in [1.29, 1.82) is 0 Å². The zero-order valence-electron chi connectivity index (χ0n) is 17.4. The van der Waals surface area contributed by atoms with Crippen LogP contribution in [0.4, 0.5) is 19.0 Å². The molecule has 2 aromatic carbocycles. The van der Waals surface area contributed by atoms with E-state index in [1.165, 1.54) is 7.11 Å². The Labute approximate surface area is 186 Å². The summed E-state index contributed by atoms with van der Waals surface area (Å²) in [5, 5.41) is 7.16. The number of aromatic nitrogens is 4. The number of nitrogen functional groups attached to an aromatic ring is 1. The van der Waals surface area contributed by atoms with Crippen LogP contribution in [0.3, 0.4) is 0 Å². The highest BCUT2D eigenvalue weighted by Gasteiger charge is 2.31. The van der Waals surface area contributed by atoms with Crippen molar-refractivity contribution in [2.45, 2.75) is 19.3 Å². The van der Waals surface area contributed by atoms with E-state index in [-0.39, 0.29) is 35.0 Å². The molecule has 0 fully saturated rings. The normalized spacial score (nSPS) is 11.5. The lowest BCUT2D eigenvalue weighted by molar-refractivity contribution is -0.141. The van der Waals surface area contributed by atoms with Crippen LogP contribution in [-0.2, 0) is 13.1 Å². The average molecular weight is 456 g/mol. The molecule has 0 unspecified atom stereocenters. The molecule has 170 valence electrons. The van der Waals surface area contributed by atoms with E-state index in [0.29, 0.717) is 16.9 Å². The van der Waals surface area contributed by atoms with Gasteiger partial charge < -0.3 is 15.8 Å². The highest BCUT2D eigenvalue weighted by molar-refractivity contribution is 5.98. The minimum atomic E-state index is -4.47. The third-order valence-corrected chi connectivity index (χ3v) is 4.92. The van der Waals surface area contributed by atoms with Gasteiger partial charge in [-0.1, -0.05) is 36.4 Å². The number of halogens is 3. The number of nitrogens with one attached hydrogen (secondary N) is 1. The Hall–Kier alpha value is -4.15. The molecule has 0 saturated heterocycles. The van der Waals surface area contributed by atoms with Crippen LogP contribution in [0.25, 0.3) is 22.3 Å². The van der Waals surface area contributed by atoms with Crippen molar-refractivity contribution in [3.05, 3.63) is 66.0 Å². The van der Waals surface area contributed by atoms with Gasteiger partial charge in [-0.15, -0.1) is 0 Å². The van der Waals surface area contributed by atoms with Crippen LogP contribution < -0.4 is 15.8 Å². The number of hydrogen-bond acceptors (Lipinski definition) is 6. The number of alkyl halides is 3. The van der Waals surface area contributed by atoms with E-state index in [1.807, 2.05) is 0 Å². The fraction of sp³-hybridized carbons (Fsp3) is 0.182. The van der Waals surface area contributed by atoms with E-state index >= 15 is 0 Å². The summed E-state index contributed by atoms with van der Waals surface area (Å²) in [6.07, 6.45) is -3.37. The highest BCUT2D eigenvalue weighted by atomic mass is 19.4. The number of ether oxygens (including phenoxy) is 1. The van der Waals surface area contributed by atoms with Crippen LogP contribution in [0.15, 0.2) is 54.9 Å². The molecule has 4 aromatic rings. The summed E-state index contributed by atoms with van der Waals surface area (Å²) in [6.45, 7) is -1.06. The number of carbonyl (C=O) groups excluding carboxylic acids is 1. The minimum Gasteiger partial charge on any atom is -0.496 e. The smallest absolute Gasteiger partial charge is 0.408 e. The molecule has 0 aliphatic rings. The summed E-state index contributed by atoms with van der Waals surface area (Å²) in [6, 6.07) is 13.7. The third kappa shape index (κ3) is 4.71. The number of para-hydroxylation sites is 1. The topological polar surface area (TPSA) is 108 Å². The van der Waals surface area contributed by atoms with Gasteiger partial charge in [-0.05, 0) is 17.7 Å². The van der Waals surface area contributed by atoms with Gasteiger partial charge in [-0.3, -0.25) is 4.79 Å². The van der Waals surface area contributed by atoms with Crippen LogP contribution in [0.2, 0.25) is 0 Å². The number of nitrogens with zero attached hydrogens (tertiary/aromatic N) is 4. The third-order valence-electron chi connectivity index (χ3n) is 4.92. The fourth-order valence-electron chi connectivity index (χ4n) is 3.40. The predicted octanol–water partition coefficient (Wildman–Crippen LogP) is 3.58. The molecule has 0 aliphatic carbocycles. The van der Waals surface area contributed by atoms with E-state index < -0.39 is 12.7 Å². The number of carbonyl (C=O) groups is 1. The lowest BCUT2D eigenvalue weighted by atomic mass is 10.1. The summed E-state index contributed by atoms with van der Waals surface area (Å²) >= 11 is 0. The van der Waals surface area contributed by atoms with Crippen molar-refractivity contribution in [3.8, 4) is 17.0 Å². The maximum absolute atomic E-state index is 13.0. The van der Waals surface area contributed by atoms with Crippen LogP contribution in [-0.4, -0.2) is 38.9 Å². The maximum Gasteiger partial charge on any atom is 0.408 e. The molecule has 3 N–H and O–H groups in total. The van der Waals surface area contributed by atoms with Crippen LogP contribution >= 0.6 is 0 Å². The second kappa shape index (κ2) is 8.77. The van der Waals surface area contributed by atoms with Gasteiger partial charge in [0.1, 0.15) is 30.1 Å². The Balaban J connectivity index is 1.57. The molecular formula is C22H19F3N6O2. The van der Waals surface area contributed by atoms with Crippen LogP contribution in [0.5, 0.6) is 5.75 Å². The lowest BCUT2D eigenvalue weighted by Crippen LogP contribution is -2.23. The van der Waals surface area contributed by atoms with Gasteiger partial charge in [-0.2, -0.15) is 18.3 Å². The molecule has 0 radical (unpaired) electrons. The van der Waals surface area contributed by atoms with Crippen LogP contribution in [0.1, 0.15) is 15.9 Å². The molecule has 0 spiro atoms. The predicted molar refractivity (Wildman–Crippen MR) is 115 cm³/mol. The van der Waals surface area contributed by atoms with Gasteiger partial charge in [0.05, 0.1) is 18.1 Å². The van der Waals surface area contributed by atoms with E-state index in [1.54, 1.807) is 48.5 Å². The average Bonchev–Trinajstić information content (AvgIpc) is 3.16. The molecule has 1 amide bonds.